The molecule has 0 saturated heterocycles. The minimum Gasteiger partial charge on any atom is -0.291 e. The third-order valence-corrected chi connectivity index (χ3v) is 7.01. The van der Waals surface area contributed by atoms with Crippen molar-refractivity contribution < 1.29 is 13.2 Å². The van der Waals surface area contributed by atoms with Crippen LogP contribution < -0.4 is 11.2 Å². The van der Waals surface area contributed by atoms with Crippen LogP contribution >= 0.6 is 11.3 Å². The van der Waals surface area contributed by atoms with Gasteiger partial charge in [-0.3, -0.25) is 19.0 Å². The molecule has 0 amide bonds. The average molecular weight is 521 g/mol. The van der Waals surface area contributed by atoms with Crippen LogP contribution in [0.15, 0.2) is 52.4 Å². The second kappa shape index (κ2) is 8.72. The first-order valence-corrected chi connectivity index (χ1v) is 11.5. The molecular weight excluding hydrogens is 507 g/mol. The summed E-state index contributed by atoms with van der Waals surface area (Å²) >= 11 is 0.946. The van der Waals surface area contributed by atoms with Crippen molar-refractivity contribution in [2.75, 3.05) is 0 Å². The first-order valence-electron chi connectivity index (χ1n) is 10.7. The molecule has 184 valence electrons. The van der Waals surface area contributed by atoms with Crippen LogP contribution in [0.4, 0.5) is 13.2 Å². The standard InChI is InChI=1S/C24H14F3N7O2S/c1-32-20-14(11-31-32)10-30-12-18(20)34-22(35)21-17(33(23(34)36)6-2-5-28)8-19(37-21)16-4-3-15(24(25,26)27)7-13(16)9-29/h3-4,7-8,10-12H,2,6H2,1H3. The quantitative estimate of drug-likeness (QED) is 0.353. The largest absolute Gasteiger partial charge is 0.416 e. The number of hydrogen-bond acceptors (Lipinski definition) is 7. The fourth-order valence-corrected chi connectivity index (χ4v) is 5.30. The third-order valence-electron chi connectivity index (χ3n) is 5.86. The van der Waals surface area contributed by atoms with Crippen molar-refractivity contribution in [2.24, 2.45) is 7.05 Å². The van der Waals surface area contributed by atoms with E-state index >= 15 is 0 Å². The maximum absolute atomic E-state index is 13.7. The number of aromatic nitrogens is 5. The van der Waals surface area contributed by atoms with E-state index in [9.17, 15) is 28.0 Å². The van der Waals surface area contributed by atoms with Crippen LogP contribution in [0.2, 0.25) is 0 Å². The van der Waals surface area contributed by atoms with Crippen molar-refractivity contribution in [3.63, 3.8) is 0 Å². The van der Waals surface area contributed by atoms with Crippen molar-refractivity contribution in [1.82, 2.24) is 23.9 Å². The van der Waals surface area contributed by atoms with Gasteiger partial charge in [0.15, 0.2) is 0 Å². The number of alkyl halides is 3. The number of nitriles is 2. The zero-order chi connectivity index (χ0) is 26.5. The summed E-state index contributed by atoms with van der Waals surface area (Å²) in [6.07, 6.45) is -0.208. The number of pyridine rings is 1. The van der Waals surface area contributed by atoms with Gasteiger partial charge in [-0.15, -0.1) is 11.3 Å². The van der Waals surface area contributed by atoms with E-state index in [0.29, 0.717) is 15.8 Å². The van der Waals surface area contributed by atoms with E-state index in [1.165, 1.54) is 27.6 Å². The Morgan fingerprint density at radius 1 is 1.11 bits per heavy atom. The molecule has 5 rings (SSSR count). The van der Waals surface area contributed by atoms with Crippen molar-refractivity contribution in [2.45, 2.75) is 19.1 Å². The normalized spacial score (nSPS) is 11.6. The molecule has 0 bridgehead atoms. The fraction of sp³-hybridized carbons (Fsp3) is 0.167. The second-order valence-electron chi connectivity index (χ2n) is 8.04. The van der Waals surface area contributed by atoms with Crippen LogP contribution in [0, 0.1) is 22.7 Å². The highest BCUT2D eigenvalue weighted by Gasteiger charge is 2.31. The highest BCUT2D eigenvalue weighted by molar-refractivity contribution is 7.22. The Hall–Kier alpha value is -4.75. The van der Waals surface area contributed by atoms with Gasteiger partial charge in [-0.1, -0.05) is 6.07 Å². The number of halogens is 3. The van der Waals surface area contributed by atoms with Crippen LogP contribution in [0.5, 0.6) is 0 Å². The van der Waals surface area contributed by atoms with Crippen molar-refractivity contribution >= 4 is 32.5 Å². The van der Waals surface area contributed by atoms with Gasteiger partial charge in [0.25, 0.3) is 5.56 Å². The highest BCUT2D eigenvalue weighted by atomic mass is 32.1. The number of thiophene rings is 1. The molecule has 1 aromatic carbocycles. The Labute approximate surface area is 209 Å². The number of hydrogen-bond donors (Lipinski definition) is 0. The Morgan fingerprint density at radius 3 is 2.59 bits per heavy atom. The van der Waals surface area contributed by atoms with E-state index in [1.54, 1.807) is 25.5 Å². The van der Waals surface area contributed by atoms with Gasteiger partial charge in [-0.2, -0.15) is 28.8 Å². The maximum Gasteiger partial charge on any atom is 0.416 e. The SMILES string of the molecule is Cn1ncc2cncc(-n3c(=O)c4sc(-c5ccc(C(F)(F)F)cc5C#N)cc4n(CCC#N)c3=O)c21. The van der Waals surface area contributed by atoms with Crippen molar-refractivity contribution in [3.05, 3.63) is 74.8 Å². The Bertz CT molecular complexity index is 1920. The molecule has 9 nitrogen and oxygen atoms in total. The van der Waals surface area contributed by atoms with Gasteiger partial charge in [0.1, 0.15) is 4.70 Å². The van der Waals surface area contributed by atoms with E-state index in [1.807, 2.05) is 6.07 Å². The molecule has 0 unspecified atom stereocenters. The smallest absolute Gasteiger partial charge is 0.291 e. The fourth-order valence-electron chi connectivity index (χ4n) is 4.17. The summed E-state index contributed by atoms with van der Waals surface area (Å²) in [6.45, 7) is -0.0325. The van der Waals surface area contributed by atoms with E-state index in [4.69, 9.17) is 5.26 Å². The van der Waals surface area contributed by atoms with Crippen LogP contribution in [0.1, 0.15) is 17.5 Å². The summed E-state index contributed by atoms with van der Waals surface area (Å²) in [5.41, 5.74) is -1.47. The van der Waals surface area contributed by atoms with Crippen LogP contribution in [0.3, 0.4) is 0 Å². The van der Waals surface area contributed by atoms with Crippen LogP contribution in [-0.2, 0) is 19.8 Å². The van der Waals surface area contributed by atoms with Gasteiger partial charge >= 0.3 is 11.9 Å². The van der Waals surface area contributed by atoms with Gasteiger partial charge in [-0.05, 0) is 18.2 Å². The lowest BCUT2D eigenvalue weighted by atomic mass is 10.0. The third kappa shape index (κ3) is 3.86. The molecule has 0 saturated carbocycles. The molecule has 0 atom stereocenters. The summed E-state index contributed by atoms with van der Waals surface area (Å²) in [5, 5.41) is 23.4. The predicted molar refractivity (Wildman–Crippen MR) is 129 cm³/mol. The molecule has 0 radical (unpaired) electrons. The molecule has 0 N–H and O–H groups in total. The summed E-state index contributed by atoms with van der Waals surface area (Å²) in [4.78, 5) is 31.7. The molecule has 0 fully saturated rings. The number of fused-ring (bicyclic) bond motifs is 2. The van der Waals surface area contributed by atoms with Gasteiger partial charge in [0.05, 0.1) is 58.8 Å². The number of benzene rings is 1. The van der Waals surface area contributed by atoms with Crippen LogP contribution in [0.25, 0.3) is 37.2 Å². The van der Waals surface area contributed by atoms with Crippen molar-refractivity contribution in [1.29, 1.82) is 10.5 Å². The lowest BCUT2D eigenvalue weighted by Gasteiger charge is -2.12. The van der Waals surface area contributed by atoms with Gasteiger partial charge in [-0.25, -0.2) is 9.36 Å². The molecule has 0 aliphatic rings. The van der Waals surface area contributed by atoms with Crippen LogP contribution in [-0.4, -0.2) is 23.9 Å². The lowest BCUT2D eigenvalue weighted by molar-refractivity contribution is -0.137. The minimum atomic E-state index is -4.63. The molecule has 0 spiro atoms. The predicted octanol–water partition coefficient (Wildman–Crippen LogP) is 3.97. The highest BCUT2D eigenvalue weighted by Crippen LogP contribution is 2.37. The number of aryl methyl sites for hydroxylation is 2. The molecule has 0 aliphatic carbocycles. The molecular formula is C24H14F3N7O2S. The molecule has 13 heteroatoms. The van der Waals surface area contributed by atoms with E-state index < -0.39 is 23.0 Å². The summed E-state index contributed by atoms with van der Waals surface area (Å²) < 4.78 is 43.4. The first-order chi connectivity index (χ1) is 17.7. The summed E-state index contributed by atoms with van der Waals surface area (Å²) in [7, 11) is 1.65. The molecule has 4 heterocycles. The summed E-state index contributed by atoms with van der Waals surface area (Å²) in [6, 6.07) is 8.01. The maximum atomic E-state index is 13.7. The Morgan fingerprint density at radius 2 is 1.89 bits per heavy atom. The zero-order valence-corrected chi connectivity index (χ0v) is 19.8. The van der Waals surface area contributed by atoms with Gasteiger partial charge in [0, 0.05) is 35.6 Å². The number of rotatable bonds is 4. The van der Waals surface area contributed by atoms with E-state index in [-0.39, 0.29) is 40.0 Å². The molecule has 37 heavy (non-hydrogen) atoms. The summed E-state index contributed by atoms with van der Waals surface area (Å²) in [5.74, 6) is 0. The average Bonchev–Trinajstić information content (AvgIpc) is 3.48. The van der Waals surface area contributed by atoms with E-state index in [0.717, 1.165) is 28.0 Å². The van der Waals surface area contributed by atoms with Gasteiger partial charge in [0.2, 0.25) is 0 Å². The topological polar surface area (TPSA) is 122 Å². The Kier molecular flexibility index (Phi) is 5.65. The van der Waals surface area contributed by atoms with Gasteiger partial charge < -0.3 is 0 Å². The zero-order valence-electron chi connectivity index (χ0n) is 18.9. The van der Waals surface area contributed by atoms with E-state index in [2.05, 4.69) is 10.1 Å². The second-order valence-corrected chi connectivity index (χ2v) is 9.09. The number of nitrogens with zero attached hydrogens (tertiary/aromatic N) is 7. The molecule has 5 aromatic rings. The molecule has 0 aliphatic heterocycles. The minimum absolute atomic E-state index is 0.0315. The molecule has 4 aromatic heterocycles. The Balaban J connectivity index is 1.82. The van der Waals surface area contributed by atoms with Crippen molar-refractivity contribution in [3.8, 4) is 28.3 Å². The first kappa shape index (κ1) is 24.0. The lowest BCUT2D eigenvalue weighted by Crippen LogP contribution is -2.38. The monoisotopic (exact) mass is 521 g/mol.